The van der Waals surface area contributed by atoms with E-state index in [0.29, 0.717) is 12.1 Å². The number of nitrogens with two attached hydrogens (primary N) is 1. The van der Waals surface area contributed by atoms with Gasteiger partial charge in [0.2, 0.25) is 0 Å². The first-order chi connectivity index (χ1) is 6.27. The second-order valence-corrected chi connectivity index (χ2v) is 2.89. The van der Waals surface area contributed by atoms with Crippen LogP contribution < -0.4 is 5.73 Å². The molecule has 0 aliphatic heterocycles. The molecule has 0 radical (unpaired) electrons. The van der Waals surface area contributed by atoms with Crippen molar-refractivity contribution in [2.75, 3.05) is 7.11 Å². The van der Waals surface area contributed by atoms with E-state index < -0.39 is 12.1 Å². The molecule has 0 heterocycles. The van der Waals surface area contributed by atoms with Gasteiger partial charge in [0, 0.05) is 13.2 Å². The molecule has 4 nitrogen and oxygen atoms in total. The van der Waals surface area contributed by atoms with Gasteiger partial charge in [0.25, 0.3) is 0 Å². The van der Waals surface area contributed by atoms with Gasteiger partial charge in [-0.3, -0.25) is 0 Å². The van der Waals surface area contributed by atoms with Crippen LogP contribution in [-0.4, -0.2) is 36.5 Å². The molecule has 0 amide bonds. The van der Waals surface area contributed by atoms with Crippen LogP contribution >= 0.6 is 0 Å². The molecule has 1 aliphatic carbocycles. The number of rotatable bonds is 1. The number of ether oxygens (including phenoxy) is 1. The van der Waals surface area contributed by atoms with Crippen molar-refractivity contribution in [1.82, 2.24) is 0 Å². The Morgan fingerprint density at radius 2 is 1.86 bits per heavy atom. The summed E-state index contributed by atoms with van der Waals surface area (Å²) in [5.74, 6) is -2.76. The molecule has 14 heavy (non-hydrogen) atoms. The summed E-state index contributed by atoms with van der Waals surface area (Å²) in [5, 5.41) is 7.12. The van der Waals surface area contributed by atoms with Gasteiger partial charge in [-0.25, -0.2) is 4.79 Å². The number of alkyl halides is 3. The quantitative estimate of drug-likeness (QED) is 0.677. The Hall–Kier alpha value is -0.820. The van der Waals surface area contributed by atoms with Crippen molar-refractivity contribution < 1.29 is 27.8 Å². The number of hydrogen-bond acceptors (Lipinski definition) is 3. The zero-order valence-electron chi connectivity index (χ0n) is 7.54. The summed E-state index contributed by atoms with van der Waals surface area (Å²) in [6.07, 6.45) is -2.51. The van der Waals surface area contributed by atoms with Gasteiger partial charge in [-0.05, 0) is 12.8 Å². The first-order valence-corrected chi connectivity index (χ1v) is 3.85. The lowest BCUT2D eigenvalue weighted by Gasteiger charge is -2.30. The van der Waals surface area contributed by atoms with E-state index in [-0.39, 0.29) is 0 Å². The topological polar surface area (TPSA) is 72.5 Å². The van der Waals surface area contributed by atoms with Crippen LogP contribution in [0.25, 0.3) is 0 Å². The largest absolute Gasteiger partial charge is 0.490 e. The number of carboxylic acid groups (broad SMARTS) is 1. The van der Waals surface area contributed by atoms with Crippen molar-refractivity contribution in [3.05, 3.63) is 0 Å². The van der Waals surface area contributed by atoms with E-state index in [0.717, 1.165) is 12.8 Å². The maximum absolute atomic E-state index is 10.6. The lowest BCUT2D eigenvalue weighted by atomic mass is 9.90. The first-order valence-electron chi connectivity index (χ1n) is 3.85. The fraction of sp³-hybridized carbons (Fsp3) is 0.857. The second kappa shape index (κ2) is 5.16. The van der Waals surface area contributed by atoms with Gasteiger partial charge in [-0.15, -0.1) is 0 Å². The molecule has 3 N–H and O–H groups in total. The molecular weight excluding hydrogens is 203 g/mol. The molecule has 0 unspecified atom stereocenters. The summed E-state index contributed by atoms with van der Waals surface area (Å²) in [6.45, 7) is 0. The van der Waals surface area contributed by atoms with Crippen LogP contribution in [0.15, 0.2) is 0 Å². The third-order valence-corrected chi connectivity index (χ3v) is 1.71. The van der Waals surface area contributed by atoms with Crippen molar-refractivity contribution in [1.29, 1.82) is 0 Å². The Bertz CT molecular complexity index is 189. The van der Waals surface area contributed by atoms with Crippen LogP contribution in [0.3, 0.4) is 0 Å². The van der Waals surface area contributed by atoms with E-state index in [1.165, 1.54) is 0 Å². The van der Waals surface area contributed by atoms with Gasteiger partial charge in [-0.2, -0.15) is 13.2 Å². The van der Waals surface area contributed by atoms with E-state index in [1.54, 1.807) is 7.11 Å². The Balaban J connectivity index is 0.000000241. The van der Waals surface area contributed by atoms with Crippen LogP contribution in [0.5, 0.6) is 0 Å². The third-order valence-electron chi connectivity index (χ3n) is 1.71. The van der Waals surface area contributed by atoms with Gasteiger partial charge in [0.15, 0.2) is 0 Å². The van der Waals surface area contributed by atoms with E-state index in [9.17, 15) is 13.2 Å². The summed E-state index contributed by atoms with van der Waals surface area (Å²) in [7, 11) is 1.73. The number of carbonyl (C=O) groups is 1. The van der Waals surface area contributed by atoms with Crippen molar-refractivity contribution in [3.8, 4) is 0 Å². The van der Waals surface area contributed by atoms with Crippen molar-refractivity contribution >= 4 is 5.97 Å². The zero-order valence-corrected chi connectivity index (χ0v) is 7.54. The third kappa shape index (κ3) is 5.03. The summed E-state index contributed by atoms with van der Waals surface area (Å²) in [6, 6.07) is 0.421. The molecule has 84 valence electrons. The lowest BCUT2D eigenvalue weighted by Crippen LogP contribution is -2.40. The van der Waals surface area contributed by atoms with Crippen LogP contribution in [0.4, 0.5) is 13.2 Å². The molecule has 1 rings (SSSR count). The van der Waals surface area contributed by atoms with Crippen LogP contribution in [0, 0.1) is 0 Å². The predicted molar refractivity (Wildman–Crippen MR) is 41.7 cm³/mol. The minimum absolute atomic E-state index is 0.421. The monoisotopic (exact) mass is 215 g/mol. The van der Waals surface area contributed by atoms with Crippen LogP contribution in [0.1, 0.15) is 12.8 Å². The predicted octanol–water partition coefficient (Wildman–Crippen LogP) is 0.756. The molecule has 0 atom stereocenters. The molecule has 1 fully saturated rings. The van der Waals surface area contributed by atoms with Crippen LogP contribution in [0.2, 0.25) is 0 Å². The Kier molecular flexibility index (Phi) is 4.86. The smallest absolute Gasteiger partial charge is 0.475 e. The van der Waals surface area contributed by atoms with Crippen molar-refractivity contribution in [3.63, 3.8) is 0 Å². The molecule has 0 spiro atoms. The van der Waals surface area contributed by atoms with Gasteiger partial charge in [-0.1, -0.05) is 0 Å². The van der Waals surface area contributed by atoms with Gasteiger partial charge in [0.05, 0.1) is 6.10 Å². The molecule has 0 aromatic carbocycles. The highest BCUT2D eigenvalue weighted by molar-refractivity contribution is 5.73. The SMILES string of the molecule is CO[C@H]1C[C@H](N)C1.O=C(O)C(F)(F)F. The molecule has 7 heteroatoms. The average Bonchev–Trinajstić information content (AvgIpc) is 1.98. The second-order valence-electron chi connectivity index (χ2n) is 2.89. The number of hydrogen-bond donors (Lipinski definition) is 2. The maximum atomic E-state index is 10.6. The van der Waals surface area contributed by atoms with E-state index >= 15 is 0 Å². The molecule has 0 saturated heterocycles. The van der Waals surface area contributed by atoms with Gasteiger partial charge in [0.1, 0.15) is 0 Å². The van der Waals surface area contributed by atoms with Gasteiger partial charge >= 0.3 is 12.1 Å². The van der Waals surface area contributed by atoms with Crippen LogP contribution in [-0.2, 0) is 9.53 Å². The summed E-state index contributed by atoms with van der Waals surface area (Å²) in [5.41, 5.74) is 5.46. The fourth-order valence-electron chi connectivity index (χ4n) is 0.799. The minimum atomic E-state index is -5.08. The molecule has 0 aromatic heterocycles. The Morgan fingerprint density at radius 3 is 1.93 bits per heavy atom. The molecule has 0 bridgehead atoms. The van der Waals surface area contributed by atoms with Gasteiger partial charge < -0.3 is 15.6 Å². The summed E-state index contributed by atoms with van der Waals surface area (Å²) < 4.78 is 36.7. The first kappa shape index (κ1) is 13.2. The van der Waals surface area contributed by atoms with E-state index in [1.807, 2.05) is 0 Å². The van der Waals surface area contributed by atoms with Crippen molar-refractivity contribution in [2.24, 2.45) is 5.73 Å². The maximum Gasteiger partial charge on any atom is 0.490 e. The molecule has 1 aliphatic rings. The fourth-order valence-corrected chi connectivity index (χ4v) is 0.799. The molecular formula is C7H12F3NO3. The molecule has 1 saturated carbocycles. The average molecular weight is 215 g/mol. The number of methoxy groups -OCH3 is 1. The standard InChI is InChI=1S/C5H11NO.C2HF3O2/c1-7-5-2-4(6)3-5;3-2(4,5)1(6)7/h4-5H,2-3,6H2,1H3;(H,6,7)/t4-,5-;. The van der Waals surface area contributed by atoms with E-state index in [2.05, 4.69) is 0 Å². The lowest BCUT2D eigenvalue weighted by molar-refractivity contribution is -0.192. The Morgan fingerprint density at radius 1 is 1.50 bits per heavy atom. The highest BCUT2D eigenvalue weighted by Gasteiger charge is 2.38. The normalized spacial score (nSPS) is 25.8. The molecule has 0 aromatic rings. The van der Waals surface area contributed by atoms with Crippen molar-refractivity contribution in [2.45, 2.75) is 31.2 Å². The summed E-state index contributed by atoms with van der Waals surface area (Å²) >= 11 is 0. The number of aliphatic carboxylic acids is 1. The van der Waals surface area contributed by atoms with E-state index in [4.69, 9.17) is 20.4 Å². The minimum Gasteiger partial charge on any atom is -0.475 e. The number of halogens is 3. The highest BCUT2D eigenvalue weighted by Crippen LogP contribution is 2.19. The summed E-state index contributed by atoms with van der Waals surface area (Å²) in [4.78, 5) is 8.90. The highest BCUT2D eigenvalue weighted by atomic mass is 19.4. The Labute approximate surface area is 78.8 Å². The number of carboxylic acids is 1. The zero-order chi connectivity index (χ0) is 11.4.